The van der Waals surface area contributed by atoms with Crippen LogP contribution in [0.3, 0.4) is 0 Å². The fraction of sp³-hybridized carbons (Fsp3) is 0.743. The van der Waals surface area contributed by atoms with Gasteiger partial charge in [0.2, 0.25) is 0 Å². The van der Waals surface area contributed by atoms with Crippen LogP contribution in [-0.4, -0.2) is 54.9 Å². The van der Waals surface area contributed by atoms with Gasteiger partial charge in [0.1, 0.15) is 11.7 Å². The van der Waals surface area contributed by atoms with Gasteiger partial charge in [-0.15, -0.1) is 0 Å². The molecular weight excluding hydrogens is 562 g/mol. The lowest BCUT2D eigenvalue weighted by Crippen LogP contribution is -2.72. The van der Waals surface area contributed by atoms with Crippen molar-refractivity contribution in [2.24, 2.45) is 34.5 Å². The third-order valence-corrected chi connectivity index (χ3v) is 10.9. The van der Waals surface area contributed by atoms with Crippen molar-refractivity contribution >= 4 is 22.9 Å². The highest BCUT2D eigenvalue weighted by Gasteiger charge is 2.77. The summed E-state index contributed by atoms with van der Waals surface area (Å²) in [6, 6.07) is 0. The summed E-state index contributed by atoms with van der Waals surface area (Å²) in [5, 5.41) is 0.533. The number of fused-ring (bicyclic) bond motifs is 2. The number of carbonyl (C=O) groups excluding carboxylic acids is 2. The molecule has 1 aromatic rings. The second-order valence-electron chi connectivity index (χ2n) is 12.0. The van der Waals surface area contributed by atoms with E-state index in [1.54, 1.807) is 0 Å². The van der Waals surface area contributed by atoms with Crippen LogP contribution in [0.5, 0.6) is 5.19 Å². The van der Waals surface area contributed by atoms with Gasteiger partial charge in [-0.25, -0.2) is 4.98 Å². The number of ether oxygens (including phenoxy) is 4. The Bertz CT molecular complexity index is 1170. The highest BCUT2D eigenvalue weighted by molar-refractivity contribution is 7.15. The first-order chi connectivity index (χ1) is 20.4. The maximum absolute atomic E-state index is 14.3. The lowest BCUT2D eigenvalue weighted by Gasteiger charge is -2.60. The Labute approximate surface area is 264 Å². The van der Waals surface area contributed by atoms with E-state index >= 15 is 0 Å². The molecule has 0 radical (unpaired) electrons. The molecular formula is C35H57NO6S. The van der Waals surface area contributed by atoms with Gasteiger partial charge in [-0.3, -0.25) is 9.59 Å². The lowest BCUT2D eigenvalue weighted by atomic mass is 9.56. The molecule has 1 aromatic heterocycles. The molecule has 0 N–H and O–H groups in total. The van der Waals surface area contributed by atoms with Gasteiger partial charge >= 0.3 is 0 Å². The molecule has 2 aliphatic heterocycles. The summed E-state index contributed by atoms with van der Waals surface area (Å²) < 4.78 is 23.5. The highest BCUT2D eigenvalue weighted by Crippen LogP contribution is 2.68. The van der Waals surface area contributed by atoms with Crippen molar-refractivity contribution in [3.8, 4) is 5.19 Å². The Hall–Kier alpha value is -1.87. The molecule has 2 spiro atoms. The van der Waals surface area contributed by atoms with Gasteiger partial charge in [0.05, 0.1) is 36.8 Å². The monoisotopic (exact) mass is 619 g/mol. The summed E-state index contributed by atoms with van der Waals surface area (Å²) >= 11 is 1.26. The molecule has 244 valence electrons. The fourth-order valence-corrected chi connectivity index (χ4v) is 7.99. The molecule has 7 unspecified atom stereocenters. The van der Waals surface area contributed by atoms with Crippen molar-refractivity contribution in [1.29, 1.82) is 0 Å². The molecule has 1 saturated carbocycles. The van der Waals surface area contributed by atoms with E-state index in [0.29, 0.717) is 35.0 Å². The van der Waals surface area contributed by atoms with Gasteiger partial charge in [-0.2, -0.15) is 0 Å². The molecule has 2 bridgehead atoms. The van der Waals surface area contributed by atoms with Crippen LogP contribution >= 0.6 is 11.3 Å². The summed E-state index contributed by atoms with van der Waals surface area (Å²) in [6.07, 6.45) is 6.56. The van der Waals surface area contributed by atoms with Crippen LogP contribution in [0.1, 0.15) is 106 Å². The SMILES string of the molecule is CC.CC.CC.CC1=CC23C(=O)C(C=C4COC(C)OC4C24OCC14)C(C)(C)C(C)C[C@H]3C.COc1ncc(C(C)=O)s1. The number of thiazole rings is 1. The highest BCUT2D eigenvalue weighted by atomic mass is 32.1. The number of hydrogen-bond donors (Lipinski definition) is 0. The summed E-state index contributed by atoms with van der Waals surface area (Å²) in [5.74, 6) is 1.16. The zero-order chi connectivity index (χ0) is 32.9. The van der Waals surface area contributed by atoms with Gasteiger partial charge in [-0.05, 0) is 43.1 Å². The molecule has 6 rings (SSSR count). The summed E-state index contributed by atoms with van der Waals surface area (Å²) in [6.45, 7) is 27.9. The van der Waals surface area contributed by atoms with E-state index < -0.39 is 11.0 Å². The van der Waals surface area contributed by atoms with Crippen molar-refractivity contribution in [1.82, 2.24) is 4.98 Å². The minimum atomic E-state index is -0.604. The number of nitrogens with zero attached hydrogens (tertiary/aromatic N) is 1. The van der Waals surface area contributed by atoms with Crippen molar-refractivity contribution in [3.05, 3.63) is 34.4 Å². The largest absolute Gasteiger partial charge is 0.473 e. The Morgan fingerprint density at radius 3 is 2.19 bits per heavy atom. The van der Waals surface area contributed by atoms with Crippen LogP contribution in [0.15, 0.2) is 29.5 Å². The molecule has 3 aliphatic carbocycles. The molecule has 3 fully saturated rings. The zero-order valence-electron chi connectivity index (χ0n) is 29.1. The second kappa shape index (κ2) is 14.9. The molecule has 2 saturated heterocycles. The topological polar surface area (TPSA) is 84.0 Å². The van der Waals surface area contributed by atoms with E-state index in [9.17, 15) is 9.59 Å². The van der Waals surface area contributed by atoms with E-state index in [-0.39, 0.29) is 41.3 Å². The van der Waals surface area contributed by atoms with E-state index in [2.05, 4.69) is 51.8 Å². The van der Waals surface area contributed by atoms with E-state index in [0.717, 1.165) is 12.0 Å². The van der Waals surface area contributed by atoms with Crippen molar-refractivity contribution in [2.75, 3.05) is 20.3 Å². The van der Waals surface area contributed by atoms with Crippen molar-refractivity contribution < 1.29 is 28.5 Å². The molecule has 3 heterocycles. The normalized spacial score (nSPS) is 35.9. The number of ketones is 2. The number of methoxy groups -OCH3 is 1. The third-order valence-electron chi connectivity index (χ3n) is 9.83. The number of aromatic nitrogens is 1. The Morgan fingerprint density at radius 2 is 1.70 bits per heavy atom. The minimum Gasteiger partial charge on any atom is -0.473 e. The quantitative estimate of drug-likeness (QED) is 0.243. The van der Waals surface area contributed by atoms with Crippen molar-refractivity contribution in [3.63, 3.8) is 0 Å². The van der Waals surface area contributed by atoms with Crippen LogP contribution in [0, 0.1) is 34.5 Å². The maximum Gasteiger partial charge on any atom is 0.273 e. The first-order valence-corrected chi connectivity index (χ1v) is 17.1. The first-order valence-electron chi connectivity index (χ1n) is 16.3. The second-order valence-corrected chi connectivity index (χ2v) is 13.0. The molecule has 5 aliphatic rings. The summed E-state index contributed by atoms with van der Waals surface area (Å²) in [4.78, 5) is 29.5. The van der Waals surface area contributed by atoms with E-state index in [4.69, 9.17) is 18.9 Å². The number of allylic oxidation sites excluding steroid dienone is 1. The number of carbonyl (C=O) groups is 2. The maximum atomic E-state index is 14.3. The van der Waals surface area contributed by atoms with Gasteiger partial charge in [0, 0.05) is 18.8 Å². The first kappa shape index (κ1) is 37.3. The number of rotatable bonds is 2. The van der Waals surface area contributed by atoms with Crippen LogP contribution < -0.4 is 4.74 Å². The number of Topliss-reactive ketones (excluding diaryl/α,β-unsaturated/α-hetero) is 2. The average molecular weight is 620 g/mol. The summed E-state index contributed by atoms with van der Waals surface area (Å²) in [5.41, 5.74) is 1.11. The molecule has 0 amide bonds. The lowest BCUT2D eigenvalue weighted by molar-refractivity contribution is -0.313. The molecule has 8 heteroatoms. The smallest absolute Gasteiger partial charge is 0.273 e. The standard InChI is InChI=1S/C23H32O4.C6H7NO2S.3C2H6/c1-12-9-22-14(3)7-13(2)21(5,6)17(19(22)24)8-16-10-25-15(4)27-20(16)23(22)18(12)11-26-23;1-4(8)5-3-7-6(9-2)10-5;3*1-2/h8-9,13-15,17-18,20H,7,10-11H2,1-6H3;3H,1-2H3;3*1-2H3/t13?,14-,15?,17?,18?,20?,22?,23?;;;;/m1..../s1. The molecule has 43 heavy (non-hydrogen) atoms. The van der Waals surface area contributed by atoms with Crippen LogP contribution in [0.4, 0.5) is 0 Å². The fourth-order valence-electron chi connectivity index (χ4n) is 7.37. The Kier molecular flexibility index (Phi) is 13.0. The number of hydrogen-bond acceptors (Lipinski definition) is 8. The van der Waals surface area contributed by atoms with E-state index in [1.807, 2.05) is 48.5 Å². The average Bonchev–Trinajstić information content (AvgIpc) is 3.50. The van der Waals surface area contributed by atoms with E-state index in [1.165, 1.54) is 37.1 Å². The molecule has 0 aromatic carbocycles. The van der Waals surface area contributed by atoms with Gasteiger partial charge in [0.15, 0.2) is 17.9 Å². The Morgan fingerprint density at radius 1 is 1.07 bits per heavy atom. The van der Waals surface area contributed by atoms with Crippen LogP contribution in [0.25, 0.3) is 0 Å². The summed E-state index contributed by atoms with van der Waals surface area (Å²) in [7, 11) is 1.53. The third kappa shape index (κ3) is 6.06. The van der Waals surface area contributed by atoms with Gasteiger partial charge in [0.25, 0.3) is 5.19 Å². The van der Waals surface area contributed by atoms with Gasteiger partial charge in [-0.1, -0.05) is 98.3 Å². The minimum absolute atomic E-state index is 0.0285. The predicted octanol–water partition coefficient (Wildman–Crippen LogP) is 8.34. The van der Waals surface area contributed by atoms with Crippen molar-refractivity contribution in [2.45, 2.75) is 114 Å². The van der Waals surface area contributed by atoms with Gasteiger partial charge < -0.3 is 18.9 Å². The predicted molar refractivity (Wildman–Crippen MR) is 175 cm³/mol. The molecule has 7 nitrogen and oxygen atoms in total. The molecule has 8 atom stereocenters. The Balaban J connectivity index is 0.000000339. The zero-order valence-corrected chi connectivity index (χ0v) is 29.9. The van der Waals surface area contributed by atoms with Crippen LogP contribution in [-0.2, 0) is 19.0 Å². The van der Waals surface area contributed by atoms with Crippen LogP contribution in [0.2, 0.25) is 0 Å².